The van der Waals surface area contributed by atoms with E-state index in [0.717, 1.165) is 93.3 Å². The molecule has 1 aliphatic carbocycles. The second-order valence-corrected chi connectivity index (χ2v) is 14.8. The number of nitrogens with zero attached hydrogens (tertiary/aromatic N) is 2. The summed E-state index contributed by atoms with van der Waals surface area (Å²) in [6, 6.07) is 12.7. The third kappa shape index (κ3) is 13.2. The van der Waals surface area contributed by atoms with E-state index in [9.17, 15) is 9.59 Å². The average molecular weight is 703 g/mol. The summed E-state index contributed by atoms with van der Waals surface area (Å²) in [5.74, 6) is 1.96. The standard InChI is InChI=1S/C48H66N2O2/c1-9-14-15-20-40(36(7)11-3)33-44(51)28-24-38(35(6)10-2)26-30-47(49-8)42-22-18-23-43(32-42)48-31-27-39(46(13-5)50-48)25-29-45(52)34-41-21-17-16-19-37(41)12-4/h9,14-17,19,21,26-27,30-31,33,35-36,42-43H,1,8,10-13,18,20,22-25,28-29,32,34H2,2-7H3/b15-14-,38-26?,40-33-,47-30?. The molecule has 1 aromatic carbocycles. The fourth-order valence-corrected chi connectivity index (χ4v) is 7.46. The van der Waals surface area contributed by atoms with Crippen molar-refractivity contribution in [2.45, 2.75) is 137 Å². The number of carbonyl (C=O) groups excluding carboxylic acids is 2. The molecule has 4 nitrogen and oxygen atoms in total. The van der Waals surface area contributed by atoms with Gasteiger partial charge in [-0.3, -0.25) is 19.6 Å². The Hall–Kier alpha value is -3.92. The van der Waals surface area contributed by atoms with Crippen LogP contribution in [0.1, 0.15) is 140 Å². The minimum Gasteiger partial charge on any atom is -0.299 e. The fraction of sp³-hybridized carbons (Fsp3) is 0.500. The van der Waals surface area contributed by atoms with E-state index in [1.165, 1.54) is 22.3 Å². The lowest BCUT2D eigenvalue weighted by Crippen LogP contribution is -2.17. The van der Waals surface area contributed by atoms with Crippen LogP contribution in [0.3, 0.4) is 0 Å². The highest BCUT2D eigenvalue weighted by molar-refractivity contribution is 5.90. The van der Waals surface area contributed by atoms with E-state index in [-0.39, 0.29) is 11.6 Å². The first-order valence-corrected chi connectivity index (χ1v) is 20.1. The molecular weight excluding hydrogens is 637 g/mol. The van der Waals surface area contributed by atoms with Gasteiger partial charge < -0.3 is 0 Å². The zero-order valence-electron chi connectivity index (χ0n) is 33.3. The molecule has 1 aromatic heterocycles. The predicted molar refractivity (Wildman–Crippen MR) is 222 cm³/mol. The number of hydrogen-bond acceptors (Lipinski definition) is 4. The van der Waals surface area contributed by atoms with Gasteiger partial charge in [0.2, 0.25) is 0 Å². The molecule has 1 aliphatic rings. The zero-order valence-corrected chi connectivity index (χ0v) is 33.3. The maximum atomic E-state index is 13.1. The summed E-state index contributed by atoms with van der Waals surface area (Å²) in [4.78, 5) is 35.8. The van der Waals surface area contributed by atoms with Crippen molar-refractivity contribution in [3.63, 3.8) is 0 Å². The van der Waals surface area contributed by atoms with Crippen LogP contribution in [0.15, 0.2) is 101 Å². The number of ketones is 2. The zero-order chi connectivity index (χ0) is 37.9. The van der Waals surface area contributed by atoms with Gasteiger partial charge in [-0.05, 0) is 118 Å². The number of aryl methyl sites for hydroxylation is 3. The molecule has 4 unspecified atom stereocenters. The molecule has 280 valence electrons. The highest BCUT2D eigenvalue weighted by Crippen LogP contribution is 2.39. The van der Waals surface area contributed by atoms with Crippen molar-refractivity contribution < 1.29 is 9.59 Å². The average Bonchev–Trinajstić information content (AvgIpc) is 3.17. The second kappa shape index (κ2) is 22.9. The van der Waals surface area contributed by atoms with E-state index in [0.29, 0.717) is 42.9 Å². The van der Waals surface area contributed by atoms with E-state index in [1.54, 1.807) is 6.08 Å². The Kier molecular flexibility index (Phi) is 18.7. The Bertz CT molecular complexity index is 1610. The first-order valence-electron chi connectivity index (χ1n) is 20.1. The molecule has 0 spiro atoms. The van der Waals surface area contributed by atoms with Gasteiger partial charge in [0.25, 0.3) is 0 Å². The van der Waals surface area contributed by atoms with Crippen molar-refractivity contribution in [2.75, 3.05) is 0 Å². The van der Waals surface area contributed by atoms with Gasteiger partial charge in [-0.1, -0.05) is 120 Å². The first kappa shape index (κ1) is 42.5. The Balaban J connectivity index is 1.69. The maximum absolute atomic E-state index is 13.1. The van der Waals surface area contributed by atoms with Crippen LogP contribution in [0.2, 0.25) is 0 Å². The lowest BCUT2D eigenvalue weighted by atomic mass is 9.78. The largest absolute Gasteiger partial charge is 0.299 e. The van der Waals surface area contributed by atoms with Gasteiger partial charge in [-0.2, -0.15) is 0 Å². The number of benzene rings is 1. The number of carbonyl (C=O) groups is 2. The number of aromatic nitrogens is 1. The number of hydrogen-bond donors (Lipinski definition) is 0. The van der Waals surface area contributed by atoms with Gasteiger partial charge in [0, 0.05) is 48.2 Å². The molecule has 0 bridgehead atoms. The normalized spacial score (nSPS) is 18.3. The van der Waals surface area contributed by atoms with Gasteiger partial charge in [-0.15, -0.1) is 0 Å². The lowest BCUT2D eigenvalue weighted by molar-refractivity contribution is -0.118. The van der Waals surface area contributed by atoms with E-state index < -0.39 is 0 Å². The highest BCUT2D eigenvalue weighted by atomic mass is 16.1. The fourth-order valence-electron chi connectivity index (χ4n) is 7.46. The molecular formula is C48H66N2O2. The molecule has 3 rings (SSSR count). The van der Waals surface area contributed by atoms with Crippen molar-refractivity contribution in [3.8, 4) is 0 Å². The molecule has 1 heterocycles. The van der Waals surface area contributed by atoms with Crippen molar-refractivity contribution >= 4 is 18.3 Å². The summed E-state index contributed by atoms with van der Waals surface area (Å²) >= 11 is 0. The number of allylic oxidation sites excluding steroid dienone is 9. The smallest absolute Gasteiger partial charge is 0.155 e. The summed E-state index contributed by atoms with van der Waals surface area (Å²) < 4.78 is 0. The topological polar surface area (TPSA) is 59.4 Å². The molecule has 1 saturated carbocycles. The summed E-state index contributed by atoms with van der Waals surface area (Å²) in [5, 5.41) is 0. The van der Waals surface area contributed by atoms with Crippen molar-refractivity contribution in [1.29, 1.82) is 0 Å². The molecule has 4 heteroatoms. The van der Waals surface area contributed by atoms with Gasteiger partial charge in [-0.25, -0.2) is 0 Å². The highest BCUT2D eigenvalue weighted by Gasteiger charge is 2.27. The van der Waals surface area contributed by atoms with E-state index >= 15 is 0 Å². The van der Waals surface area contributed by atoms with Crippen LogP contribution in [0.25, 0.3) is 0 Å². The van der Waals surface area contributed by atoms with Crippen LogP contribution >= 0.6 is 0 Å². The molecule has 2 aromatic rings. The summed E-state index contributed by atoms with van der Waals surface area (Å²) in [6.07, 6.45) is 24.2. The number of pyridine rings is 1. The van der Waals surface area contributed by atoms with Crippen molar-refractivity contribution in [1.82, 2.24) is 4.98 Å². The van der Waals surface area contributed by atoms with Crippen LogP contribution in [0.5, 0.6) is 0 Å². The van der Waals surface area contributed by atoms with Crippen LogP contribution in [-0.2, 0) is 35.3 Å². The molecule has 0 saturated heterocycles. The molecule has 4 atom stereocenters. The molecule has 52 heavy (non-hydrogen) atoms. The number of rotatable bonds is 22. The molecule has 0 N–H and O–H groups in total. The van der Waals surface area contributed by atoms with Gasteiger partial charge in [0.1, 0.15) is 5.78 Å². The Morgan fingerprint density at radius 2 is 1.62 bits per heavy atom. The number of Topliss-reactive ketones (excluding diaryl/α,β-unsaturated/α-hetero) is 1. The maximum Gasteiger partial charge on any atom is 0.155 e. The Morgan fingerprint density at radius 3 is 2.29 bits per heavy atom. The third-order valence-corrected chi connectivity index (χ3v) is 11.3. The van der Waals surface area contributed by atoms with E-state index in [1.807, 2.05) is 18.2 Å². The quantitative estimate of drug-likeness (QED) is 0.0697. The monoisotopic (exact) mass is 703 g/mol. The minimum atomic E-state index is 0.201. The lowest BCUT2D eigenvalue weighted by Gasteiger charge is -2.29. The van der Waals surface area contributed by atoms with Gasteiger partial charge >= 0.3 is 0 Å². The van der Waals surface area contributed by atoms with Gasteiger partial charge in [0.15, 0.2) is 5.78 Å². The second-order valence-electron chi connectivity index (χ2n) is 14.8. The molecule has 1 fully saturated rings. The predicted octanol–water partition coefficient (Wildman–Crippen LogP) is 12.2. The number of aliphatic imine (C=N–C) groups is 1. The third-order valence-electron chi connectivity index (χ3n) is 11.3. The van der Waals surface area contributed by atoms with E-state index in [4.69, 9.17) is 4.98 Å². The SMILES string of the molecule is C=C/C=C\C/C(=C/C(=O)CCC(=CC=C(N=C)C1CCCC(c2ccc(CCC(=O)Cc3ccccc3CC)c(CC)n2)C1)C(C)CC)C(C)CC. The summed E-state index contributed by atoms with van der Waals surface area (Å²) in [5.41, 5.74) is 9.43. The summed E-state index contributed by atoms with van der Waals surface area (Å²) in [7, 11) is 0. The Morgan fingerprint density at radius 1 is 0.885 bits per heavy atom. The van der Waals surface area contributed by atoms with Crippen LogP contribution in [-0.4, -0.2) is 23.3 Å². The van der Waals surface area contributed by atoms with Crippen molar-refractivity contribution in [2.24, 2.45) is 22.7 Å². The van der Waals surface area contributed by atoms with Crippen LogP contribution in [0.4, 0.5) is 0 Å². The van der Waals surface area contributed by atoms with Crippen LogP contribution < -0.4 is 0 Å². The van der Waals surface area contributed by atoms with Crippen LogP contribution in [0, 0.1) is 17.8 Å². The molecule has 0 amide bonds. The molecule has 0 radical (unpaired) electrons. The van der Waals surface area contributed by atoms with Gasteiger partial charge in [0.05, 0.1) is 0 Å². The van der Waals surface area contributed by atoms with E-state index in [2.05, 4.69) is 108 Å². The summed E-state index contributed by atoms with van der Waals surface area (Å²) in [6.45, 7) is 20.9. The van der Waals surface area contributed by atoms with Crippen molar-refractivity contribution in [3.05, 3.63) is 124 Å². The molecule has 0 aliphatic heterocycles. The first-order chi connectivity index (χ1) is 25.2. The Labute approximate surface area is 316 Å². The minimum absolute atomic E-state index is 0.201.